The van der Waals surface area contributed by atoms with Crippen LogP contribution in [0.3, 0.4) is 0 Å². The Kier molecular flexibility index (Phi) is 11.6. The van der Waals surface area contributed by atoms with Crippen LogP contribution in [-0.2, 0) is 42.7 Å². The Hall–Kier alpha value is -1.27. The number of hydrogen-bond donors (Lipinski definition) is 5. The average molecular weight is 795 g/mol. The molecule has 8 rings (SSSR count). The molecule has 7 fully saturated rings. The summed E-state index contributed by atoms with van der Waals surface area (Å²) in [7, 11) is 1.53. The van der Waals surface area contributed by atoms with Crippen LogP contribution in [0, 0.1) is 34.5 Å². The minimum absolute atomic E-state index is 0.0386. The maximum absolute atomic E-state index is 12.6. The normalized spacial score (nSPS) is 54.8. The summed E-state index contributed by atoms with van der Waals surface area (Å²) in [5.41, 5.74) is -0.877. The van der Waals surface area contributed by atoms with Crippen molar-refractivity contribution in [3.8, 4) is 0 Å². The van der Waals surface area contributed by atoms with Gasteiger partial charge in [-0.2, -0.15) is 0 Å². The number of hydrogen-bond acceptors (Lipinski definition) is 14. The Morgan fingerprint density at radius 2 is 1.27 bits per heavy atom. The second-order valence-corrected chi connectivity index (χ2v) is 19.0. The van der Waals surface area contributed by atoms with Gasteiger partial charge in [-0.25, -0.2) is 4.79 Å². The van der Waals surface area contributed by atoms with Crippen molar-refractivity contribution in [3.05, 3.63) is 11.6 Å². The highest BCUT2D eigenvalue weighted by Gasteiger charge is 2.71. The lowest BCUT2D eigenvalue weighted by molar-refractivity contribution is -0.336. The van der Waals surface area contributed by atoms with Gasteiger partial charge in [-0.15, -0.1) is 0 Å². The molecule has 4 aliphatic heterocycles. The average Bonchev–Trinajstić information content (AvgIpc) is 3.68. The van der Waals surface area contributed by atoms with Crippen LogP contribution < -0.4 is 0 Å². The third kappa shape index (κ3) is 7.02. The molecule has 4 heterocycles. The summed E-state index contributed by atoms with van der Waals surface area (Å²) in [5, 5.41) is 57.3. The van der Waals surface area contributed by atoms with Gasteiger partial charge in [0.2, 0.25) is 0 Å². The largest absolute Gasteiger partial charge is 0.458 e. The molecule has 14 heteroatoms. The van der Waals surface area contributed by atoms with Crippen molar-refractivity contribution in [3.63, 3.8) is 0 Å². The van der Waals surface area contributed by atoms with E-state index in [0.29, 0.717) is 18.8 Å². The van der Waals surface area contributed by atoms with E-state index in [0.717, 1.165) is 44.1 Å². The Labute approximate surface area is 330 Å². The lowest BCUT2D eigenvalue weighted by atomic mass is 9.42. The highest BCUT2D eigenvalue weighted by atomic mass is 16.7. The van der Waals surface area contributed by atoms with Crippen LogP contribution in [0.5, 0.6) is 0 Å². The fourth-order valence-electron chi connectivity index (χ4n) is 13.1. The molecule has 0 amide bonds. The van der Waals surface area contributed by atoms with E-state index in [1.54, 1.807) is 13.0 Å². The standard InChI is InChI=1S/C42H66O14/c1-20-37(49-6)29(43)16-35(51-20)55-39-22(3)53-36(18-31(39)45)56-38-21(2)52-34(17-30(38)44)54-25-9-11-40(4)24(14-25)7-8-27-28(40)15-32(46)41(5)26(10-12-42(27,41)48)23-13-33(47)50-19-23/h13,20-22,24-32,34-39,43-46,48H,7-12,14-19H2,1-6H3/t20-,21-,22-,24?,25?,26+,27?,28?,29+,30+,31+,32?,34+,35?,36?,37-,38?,39?,40+,41+,42?/m1/s1. The van der Waals surface area contributed by atoms with Gasteiger partial charge < -0.3 is 63.4 Å². The molecule has 0 radical (unpaired) electrons. The van der Waals surface area contributed by atoms with E-state index in [1.165, 1.54) is 7.11 Å². The molecule has 0 spiro atoms. The highest BCUT2D eigenvalue weighted by Crippen LogP contribution is 2.70. The summed E-state index contributed by atoms with van der Waals surface area (Å²) in [6, 6.07) is 0. The fourth-order valence-corrected chi connectivity index (χ4v) is 13.1. The van der Waals surface area contributed by atoms with Crippen LogP contribution in [0.25, 0.3) is 0 Å². The monoisotopic (exact) mass is 794 g/mol. The third-order valence-electron chi connectivity index (χ3n) is 16.2. The molecular weight excluding hydrogens is 728 g/mol. The highest BCUT2D eigenvalue weighted by molar-refractivity contribution is 5.85. The molecule has 3 saturated heterocycles. The van der Waals surface area contributed by atoms with Gasteiger partial charge >= 0.3 is 5.97 Å². The van der Waals surface area contributed by atoms with Gasteiger partial charge in [0, 0.05) is 37.9 Å². The summed E-state index contributed by atoms with van der Waals surface area (Å²) < 4.78 is 47.8. The van der Waals surface area contributed by atoms with E-state index in [1.807, 2.05) is 20.8 Å². The van der Waals surface area contributed by atoms with Crippen LogP contribution in [-0.4, -0.2) is 137 Å². The number of aliphatic hydroxyl groups excluding tert-OH is 4. The SMILES string of the molecule is CO[C@H]1[C@@H](O)CC(OC2[C@@H](O)CC(OC3[C@@H](O)C[C@H](OC4CC[C@@]5(C)C(CCC6C5CC(O)[C@]5(C)[C@H](C7=CC(=O)OC7)CCC65O)C4)O[C@@H]3C)O[C@@H]2C)O[C@@H]1C. The molecule has 4 saturated carbocycles. The third-order valence-corrected chi connectivity index (χ3v) is 16.2. The zero-order valence-electron chi connectivity index (χ0n) is 33.9. The van der Waals surface area contributed by atoms with E-state index in [4.69, 9.17) is 37.9 Å². The molecule has 21 atom stereocenters. The number of carbonyl (C=O) groups is 1. The molecule has 0 aromatic rings. The van der Waals surface area contributed by atoms with Gasteiger partial charge in [-0.1, -0.05) is 13.8 Å². The van der Waals surface area contributed by atoms with Crippen LogP contribution in [0.1, 0.15) is 105 Å². The maximum atomic E-state index is 12.6. The van der Waals surface area contributed by atoms with Crippen LogP contribution >= 0.6 is 0 Å². The summed E-state index contributed by atoms with van der Waals surface area (Å²) in [4.78, 5) is 12.0. The Bertz CT molecular complexity index is 1430. The lowest BCUT2D eigenvalue weighted by Crippen LogP contribution is -2.67. The molecule has 0 aromatic carbocycles. The van der Waals surface area contributed by atoms with Crippen molar-refractivity contribution < 1.29 is 68.2 Å². The fraction of sp³-hybridized carbons (Fsp3) is 0.929. The Balaban J connectivity index is 0.832. The van der Waals surface area contributed by atoms with Gasteiger partial charge in [0.25, 0.3) is 0 Å². The van der Waals surface area contributed by atoms with E-state index in [9.17, 15) is 30.3 Å². The summed E-state index contributed by atoms with van der Waals surface area (Å²) >= 11 is 0. The summed E-state index contributed by atoms with van der Waals surface area (Å²) in [6.45, 7) is 10.1. The molecule has 0 bridgehead atoms. The maximum Gasteiger partial charge on any atom is 0.331 e. The number of aliphatic hydroxyl groups is 5. The minimum atomic E-state index is -1.01. The van der Waals surface area contributed by atoms with E-state index < -0.39 is 84.8 Å². The number of esters is 1. The van der Waals surface area contributed by atoms with Crippen LogP contribution in [0.2, 0.25) is 0 Å². The van der Waals surface area contributed by atoms with Crippen molar-refractivity contribution in [2.24, 2.45) is 34.5 Å². The number of cyclic esters (lactones) is 1. The Morgan fingerprint density at radius 3 is 1.80 bits per heavy atom. The first kappa shape index (κ1) is 41.5. The van der Waals surface area contributed by atoms with Gasteiger partial charge in [0.15, 0.2) is 18.9 Å². The molecule has 318 valence electrons. The molecule has 10 unspecified atom stereocenters. The predicted octanol–water partition coefficient (Wildman–Crippen LogP) is 2.87. The molecule has 8 aliphatic rings. The predicted molar refractivity (Wildman–Crippen MR) is 197 cm³/mol. The second-order valence-electron chi connectivity index (χ2n) is 19.0. The zero-order valence-corrected chi connectivity index (χ0v) is 33.9. The molecule has 5 N–H and O–H groups in total. The van der Waals surface area contributed by atoms with Gasteiger partial charge in [-0.3, -0.25) is 0 Å². The van der Waals surface area contributed by atoms with E-state index in [-0.39, 0.29) is 67.2 Å². The first-order chi connectivity index (χ1) is 26.5. The van der Waals surface area contributed by atoms with Crippen molar-refractivity contribution in [1.29, 1.82) is 0 Å². The smallest absolute Gasteiger partial charge is 0.331 e. The van der Waals surface area contributed by atoms with Crippen molar-refractivity contribution in [1.82, 2.24) is 0 Å². The zero-order chi connectivity index (χ0) is 39.9. The van der Waals surface area contributed by atoms with Crippen molar-refractivity contribution in [2.75, 3.05) is 13.7 Å². The lowest BCUT2D eigenvalue weighted by Gasteiger charge is -2.65. The number of methoxy groups -OCH3 is 1. The second kappa shape index (κ2) is 15.6. The molecule has 0 aromatic heterocycles. The number of rotatable bonds is 8. The minimum Gasteiger partial charge on any atom is -0.458 e. The Morgan fingerprint density at radius 1 is 0.696 bits per heavy atom. The summed E-state index contributed by atoms with van der Waals surface area (Å²) in [6.07, 6.45) is -0.0154. The van der Waals surface area contributed by atoms with E-state index >= 15 is 0 Å². The van der Waals surface area contributed by atoms with Crippen LogP contribution in [0.4, 0.5) is 0 Å². The molecule has 56 heavy (non-hydrogen) atoms. The molecule has 4 aliphatic carbocycles. The molecular formula is C42H66O14. The van der Waals surface area contributed by atoms with Gasteiger partial charge in [-0.05, 0) is 107 Å². The van der Waals surface area contributed by atoms with Crippen LogP contribution in [0.15, 0.2) is 11.6 Å². The van der Waals surface area contributed by atoms with E-state index in [2.05, 4.69) is 6.92 Å². The molecule has 14 nitrogen and oxygen atoms in total. The summed E-state index contributed by atoms with van der Waals surface area (Å²) in [5.74, 6) is 0.223. The van der Waals surface area contributed by atoms with Crippen molar-refractivity contribution >= 4 is 5.97 Å². The quantitative estimate of drug-likeness (QED) is 0.178. The van der Waals surface area contributed by atoms with Crippen molar-refractivity contribution in [2.45, 2.75) is 197 Å². The van der Waals surface area contributed by atoms with Gasteiger partial charge in [0.05, 0.1) is 54.4 Å². The topological polar surface area (TPSA) is 192 Å². The number of carbonyl (C=O) groups excluding carboxylic acids is 1. The first-order valence-corrected chi connectivity index (χ1v) is 21.3. The first-order valence-electron chi connectivity index (χ1n) is 21.3. The van der Waals surface area contributed by atoms with Gasteiger partial charge in [0.1, 0.15) is 24.9 Å². The number of ether oxygens (including phenoxy) is 8. The number of fused-ring (bicyclic) bond motifs is 5.